The van der Waals surface area contributed by atoms with Crippen molar-refractivity contribution in [2.45, 2.75) is 26.2 Å². The van der Waals surface area contributed by atoms with E-state index in [1.54, 1.807) is 6.08 Å². The molecule has 0 bridgehead atoms. The van der Waals surface area contributed by atoms with Crippen molar-refractivity contribution in [3.05, 3.63) is 12.2 Å². The highest BCUT2D eigenvalue weighted by atomic mass is 16.1. The molecule has 0 aliphatic heterocycles. The van der Waals surface area contributed by atoms with Crippen molar-refractivity contribution in [2.75, 3.05) is 0 Å². The van der Waals surface area contributed by atoms with Crippen molar-refractivity contribution < 1.29 is 4.79 Å². The third kappa shape index (κ3) is 2.00. The molecule has 0 radical (unpaired) electrons. The van der Waals surface area contributed by atoms with Gasteiger partial charge in [0.25, 0.3) is 0 Å². The van der Waals surface area contributed by atoms with Gasteiger partial charge in [-0.1, -0.05) is 13.0 Å². The second kappa shape index (κ2) is 2.81. The molecule has 1 rings (SSSR count). The molecular weight excluding hydrogens is 112 g/mol. The van der Waals surface area contributed by atoms with Gasteiger partial charge in [0.15, 0.2) is 5.78 Å². The Morgan fingerprint density at radius 1 is 1.67 bits per heavy atom. The molecule has 0 aromatic rings. The van der Waals surface area contributed by atoms with Crippen LogP contribution in [0.25, 0.3) is 0 Å². The number of hydrogen-bond donors (Lipinski definition) is 0. The first-order valence-electron chi connectivity index (χ1n) is 3.50. The third-order valence-corrected chi connectivity index (χ3v) is 1.69. The van der Waals surface area contributed by atoms with Crippen LogP contribution in [0.5, 0.6) is 0 Å². The molecule has 0 fully saturated rings. The van der Waals surface area contributed by atoms with Crippen LogP contribution in [-0.2, 0) is 4.79 Å². The van der Waals surface area contributed by atoms with Crippen molar-refractivity contribution >= 4 is 5.78 Å². The molecule has 0 amide bonds. The minimum absolute atomic E-state index is 0.291. The first kappa shape index (κ1) is 6.53. The van der Waals surface area contributed by atoms with Crippen LogP contribution in [0.15, 0.2) is 12.2 Å². The molecule has 0 N–H and O–H groups in total. The highest BCUT2D eigenvalue weighted by Crippen LogP contribution is 2.13. The number of allylic oxidation sites excluding steroid dienone is 2. The zero-order valence-electron chi connectivity index (χ0n) is 5.76. The maximum Gasteiger partial charge on any atom is 0.155 e. The molecule has 0 heterocycles. The Kier molecular flexibility index (Phi) is 2.04. The molecule has 1 aliphatic rings. The van der Waals surface area contributed by atoms with Crippen LogP contribution >= 0.6 is 0 Å². The number of carbonyl (C=O) groups excluding carboxylic acids is 1. The number of carbonyl (C=O) groups is 1. The van der Waals surface area contributed by atoms with E-state index in [1.165, 1.54) is 6.42 Å². The van der Waals surface area contributed by atoms with Gasteiger partial charge in [-0.25, -0.2) is 0 Å². The van der Waals surface area contributed by atoms with Gasteiger partial charge < -0.3 is 0 Å². The number of hydrogen-bond acceptors (Lipinski definition) is 1. The monoisotopic (exact) mass is 124 g/mol. The fourth-order valence-corrected chi connectivity index (χ4v) is 1.05. The van der Waals surface area contributed by atoms with Gasteiger partial charge in [-0.05, 0) is 24.8 Å². The molecule has 0 spiro atoms. The van der Waals surface area contributed by atoms with Crippen molar-refractivity contribution in [3.63, 3.8) is 0 Å². The summed E-state index contributed by atoms with van der Waals surface area (Å²) < 4.78 is 0. The Morgan fingerprint density at radius 3 is 3.22 bits per heavy atom. The fraction of sp³-hybridized carbons (Fsp3) is 0.625. The Morgan fingerprint density at radius 2 is 2.44 bits per heavy atom. The van der Waals surface area contributed by atoms with Crippen molar-refractivity contribution in [2.24, 2.45) is 5.92 Å². The fourth-order valence-electron chi connectivity index (χ4n) is 1.05. The lowest BCUT2D eigenvalue weighted by molar-refractivity contribution is -0.114. The first-order chi connectivity index (χ1) is 4.29. The van der Waals surface area contributed by atoms with Gasteiger partial charge in [-0.3, -0.25) is 4.79 Å². The van der Waals surface area contributed by atoms with Crippen molar-refractivity contribution in [1.82, 2.24) is 0 Å². The van der Waals surface area contributed by atoms with E-state index in [1.807, 2.05) is 6.08 Å². The largest absolute Gasteiger partial charge is 0.295 e. The summed E-state index contributed by atoms with van der Waals surface area (Å²) in [4.78, 5) is 10.7. The Labute approximate surface area is 55.8 Å². The summed E-state index contributed by atoms with van der Waals surface area (Å²) in [6.07, 6.45) is 6.71. The summed E-state index contributed by atoms with van der Waals surface area (Å²) in [5.41, 5.74) is 0. The molecule has 9 heavy (non-hydrogen) atoms. The molecule has 0 aromatic carbocycles. The summed E-state index contributed by atoms with van der Waals surface area (Å²) in [6, 6.07) is 0. The average Bonchev–Trinajstić information content (AvgIpc) is 1.97. The van der Waals surface area contributed by atoms with Gasteiger partial charge in [0.1, 0.15) is 0 Å². The van der Waals surface area contributed by atoms with E-state index >= 15 is 0 Å². The van der Waals surface area contributed by atoms with E-state index in [4.69, 9.17) is 0 Å². The van der Waals surface area contributed by atoms with Gasteiger partial charge >= 0.3 is 0 Å². The van der Waals surface area contributed by atoms with E-state index < -0.39 is 0 Å². The SMILES string of the molecule is CC1C=CC(=O)CCC1. The summed E-state index contributed by atoms with van der Waals surface area (Å²) in [6.45, 7) is 2.15. The topological polar surface area (TPSA) is 17.1 Å². The summed E-state index contributed by atoms with van der Waals surface area (Å²) >= 11 is 0. The standard InChI is InChI=1S/C8H12O/c1-7-3-2-4-8(9)6-5-7/h5-7H,2-4H2,1H3. The van der Waals surface area contributed by atoms with E-state index in [0.29, 0.717) is 11.7 Å². The van der Waals surface area contributed by atoms with E-state index in [0.717, 1.165) is 12.8 Å². The summed E-state index contributed by atoms with van der Waals surface area (Å²) in [5, 5.41) is 0. The molecule has 1 heteroatoms. The Balaban J connectivity index is 2.52. The van der Waals surface area contributed by atoms with Crippen LogP contribution in [-0.4, -0.2) is 5.78 Å². The minimum atomic E-state index is 0.291. The average molecular weight is 124 g/mol. The molecule has 50 valence electrons. The quantitative estimate of drug-likeness (QED) is 0.482. The molecule has 0 saturated heterocycles. The molecule has 1 atom stereocenters. The van der Waals surface area contributed by atoms with E-state index in [2.05, 4.69) is 6.92 Å². The molecule has 1 aliphatic carbocycles. The van der Waals surface area contributed by atoms with Gasteiger partial charge in [0, 0.05) is 6.42 Å². The lowest BCUT2D eigenvalue weighted by Gasteiger charge is -1.98. The summed E-state index contributed by atoms with van der Waals surface area (Å²) in [5.74, 6) is 0.899. The molecular formula is C8H12O. The van der Waals surface area contributed by atoms with Gasteiger partial charge in [-0.2, -0.15) is 0 Å². The van der Waals surface area contributed by atoms with Crippen LogP contribution in [0, 0.1) is 5.92 Å². The zero-order valence-corrected chi connectivity index (χ0v) is 5.76. The maximum absolute atomic E-state index is 10.7. The lowest BCUT2D eigenvalue weighted by Crippen LogP contribution is -1.88. The van der Waals surface area contributed by atoms with Crippen molar-refractivity contribution in [3.8, 4) is 0 Å². The molecule has 0 aromatic heterocycles. The Bertz CT molecular complexity index is 136. The smallest absolute Gasteiger partial charge is 0.155 e. The lowest BCUT2D eigenvalue weighted by atomic mass is 10.1. The zero-order chi connectivity index (χ0) is 6.69. The maximum atomic E-state index is 10.7. The highest BCUT2D eigenvalue weighted by molar-refractivity contribution is 5.89. The highest BCUT2D eigenvalue weighted by Gasteiger charge is 2.05. The first-order valence-corrected chi connectivity index (χ1v) is 3.50. The summed E-state index contributed by atoms with van der Waals surface area (Å²) in [7, 11) is 0. The van der Waals surface area contributed by atoms with Crippen LogP contribution in [0.1, 0.15) is 26.2 Å². The van der Waals surface area contributed by atoms with Crippen LogP contribution < -0.4 is 0 Å². The Hall–Kier alpha value is -0.590. The van der Waals surface area contributed by atoms with Gasteiger partial charge in [-0.15, -0.1) is 0 Å². The van der Waals surface area contributed by atoms with E-state index in [-0.39, 0.29) is 0 Å². The van der Waals surface area contributed by atoms with Gasteiger partial charge in [0.05, 0.1) is 0 Å². The normalized spacial score (nSPS) is 28.1. The second-order valence-corrected chi connectivity index (χ2v) is 2.69. The molecule has 0 saturated carbocycles. The third-order valence-electron chi connectivity index (χ3n) is 1.69. The van der Waals surface area contributed by atoms with Crippen LogP contribution in [0.2, 0.25) is 0 Å². The predicted octanol–water partition coefficient (Wildman–Crippen LogP) is 1.93. The second-order valence-electron chi connectivity index (χ2n) is 2.69. The van der Waals surface area contributed by atoms with Gasteiger partial charge in [0.2, 0.25) is 0 Å². The van der Waals surface area contributed by atoms with Crippen LogP contribution in [0.4, 0.5) is 0 Å². The molecule has 1 nitrogen and oxygen atoms in total. The minimum Gasteiger partial charge on any atom is -0.295 e. The van der Waals surface area contributed by atoms with Crippen LogP contribution in [0.3, 0.4) is 0 Å². The van der Waals surface area contributed by atoms with E-state index in [9.17, 15) is 4.79 Å². The number of rotatable bonds is 0. The predicted molar refractivity (Wildman–Crippen MR) is 37.2 cm³/mol. The number of ketones is 1. The molecule has 1 unspecified atom stereocenters. The van der Waals surface area contributed by atoms with Crippen molar-refractivity contribution in [1.29, 1.82) is 0 Å².